The number of rotatable bonds is 8. The number of aromatic nitrogens is 3. The molecule has 0 spiro atoms. The first-order chi connectivity index (χ1) is 15.2. The molecule has 0 saturated carbocycles. The van der Waals surface area contributed by atoms with Gasteiger partial charge in [0.25, 0.3) is 0 Å². The van der Waals surface area contributed by atoms with E-state index in [1.165, 1.54) is 11.8 Å². The van der Waals surface area contributed by atoms with Gasteiger partial charge in [0.05, 0.1) is 11.8 Å². The molecule has 1 atom stereocenters. The van der Waals surface area contributed by atoms with Crippen LogP contribution in [0.3, 0.4) is 0 Å². The maximum Gasteiger partial charge on any atom is 0.231 e. The van der Waals surface area contributed by atoms with Crippen LogP contribution in [0.2, 0.25) is 5.02 Å². The monoisotopic (exact) mass is 468 g/mol. The maximum atomic E-state index is 12.8. The Balaban J connectivity index is 1.46. The first-order valence-electron chi connectivity index (χ1n) is 9.85. The van der Waals surface area contributed by atoms with Gasteiger partial charge in [-0.05, 0) is 48.2 Å². The highest BCUT2D eigenvalue weighted by Crippen LogP contribution is 2.27. The molecule has 0 aliphatic carbocycles. The van der Waals surface area contributed by atoms with Crippen LogP contribution in [0.1, 0.15) is 23.4 Å². The fraction of sp³-hybridized carbons (Fsp3) is 0.174. The minimum absolute atomic E-state index is 0.0500. The van der Waals surface area contributed by atoms with Crippen LogP contribution < -0.4 is 5.32 Å². The smallest absolute Gasteiger partial charge is 0.231 e. The summed E-state index contributed by atoms with van der Waals surface area (Å²) in [6, 6.07) is 21.4. The Kier molecular flexibility index (Phi) is 7.06. The van der Waals surface area contributed by atoms with Crippen molar-refractivity contribution in [2.24, 2.45) is 0 Å². The number of halogens is 1. The fourth-order valence-corrected chi connectivity index (χ4v) is 4.99. The van der Waals surface area contributed by atoms with Crippen molar-refractivity contribution < 1.29 is 4.79 Å². The van der Waals surface area contributed by atoms with Gasteiger partial charge in [-0.15, -0.1) is 21.5 Å². The molecule has 4 rings (SSSR count). The number of thioether (sulfide) groups is 1. The molecule has 1 unspecified atom stereocenters. The molecule has 0 fully saturated rings. The summed E-state index contributed by atoms with van der Waals surface area (Å²) < 4.78 is 2.01. The second kappa shape index (κ2) is 10.1. The van der Waals surface area contributed by atoms with Crippen LogP contribution in [-0.2, 0) is 11.3 Å². The van der Waals surface area contributed by atoms with Crippen molar-refractivity contribution in [2.75, 3.05) is 5.75 Å². The molecule has 0 saturated heterocycles. The molecule has 0 aliphatic heterocycles. The number of hydrogen-bond acceptors (Lipinski definition) is 5. The van der Waals surface area contributed by atoms with E-state index in [2.05, 4.69) is 15.5 Å². The first-order valence-corrected chi connectivity index (χ1v) is 12.1. The van der Waals surface area contributed by atoms with Crippen molar-refractivity contribution in [3.8, 4) is 11.4 Å². The Morgan fingerprint density at radius 2 is 1.87 bits per heavy atom. The molecule has 0 aliphatic rings. The van der Waals surface area contributed by atoms with Crippen molar-refractivity contribution in [2.45, 2.75) is 24.7 Å². The average molecular weight is 469 g/mol. The lowest BCUT2D eigenvalue weighted by Gasteiger charge is -2.18. The predicted molar refractivity (Wildman–Crippen MR) is 128 cm³/mol. The van der Waals surface area contributed by atoms with E-state index in [1.54, 1.807) is 11.3 Å². The minimum atomic E-state index is -0.164. The number of hydrogen-bond donors (Lipinski definition) is 1. The van der Waals surface area contributed by atoms with Gasteiger partial charge in [0.15, 0.2) is 11.0 Å². The number of carbonyl (C=O) groups excluding carboxylic acids is 1. The Hall–Kier alpha value is -2.61. The van der Waals surface area contributed by atoms with Gasteiger partial charge in [-0.3, -0.25) is 4.79 Å². The van der Waals surface area contributed by atoms with Crippen molar-refractivity contribution >= 4 is 40.6 Å². The summed E-state index contributed by atoms with van der Waals surface area (Å²) in [5.74, 6) is 0.974. The number of benzene rings is 2. The van der Waals surface area contributed by atoms with Crippen LogP contribution in [0.15, 0.2) is 77.3 Å². The molecule has 8 heteroatoms. The standard InChI is InChI=1S/C23H21ClN4OS2/c1-2-28-22(17-10-12-18(24)13-11-17)26-27-23(28)31-15-20(29)25-21(19-9-6-14-30-19)16-7-4-3-5-8-16/h3-14,21H,2,15H2,1H3,(H,25,29). The van der Waals surface area contributed by atoms with E-state index in [1.807, 2.05) is 83.6 Å². The van der Waals surface area contributed by atoms with E-state index in [9.17, 15) is 4.79 Å². The van der Waals surface area contributed by atoms with Crippen molar-refractivity contribution in [3.63, 3.8) is 0 Å². The fourth-order valence-electron chi connectivity index (χ4n) is 3.25. The topological polar surface area (TPSA) is 59.8 Å². The summed E-state index contributed by atoms with van der Waals surface area (Å²) in [6.45, 7) is 2.74. The lowest BCUT2D eigenvalue weighted by molar-refractivity contribution is -0.119. The quantitative estimate of drug-likeness (QED) is 0.338. The van der Waals surface area contributed by atoms with E-state index in [0.29, 0.717) is 11.6 Å². The largest absolute Gasteiger partial charge is 0.344 e. The van der Waals surface area contributed by atoms with Crippen LogP contribution in [0.5, 0.6) is 0 Å². The van der Waals surface area contributed by atoms with Crippen LogP contribution in [0.25, 0.3) is 11.4 Å². The third kappa shape index (κ3) is 5.18. The summed E-state index contributed by atoms with van der Waals surface area (Å²) >= 11 is 9.01. The van der Waals surface area contributed by atoms with Crippen LogP contribution in [0.4, 0.5) is 0 Å². The zero-order valence-electron chi connectivity index (χ0n) is 16.9. The van der Waals surface area contributed by atoms with Gasteiger partial charge in [0.1, 0.15) is 0 Å². The molecular formula is C23H21ClN4OS2. The van der Waals surface area contributed by atoms with E-state index >= 15 is 0 Å². The molecule has 1 N–H and O–H groups in total. The molecule has 4 aromatic rings. The van der Waals surface area contributed by atoms with E-state index in [0.717, 1.165) is 27.0 Å². The SMILES string of the molecule is CCn1c(SCC(=O)NC(c2ccccc2)c2cccs2)nnc1-c1ccc(Cl)cc1. The highest BCUT2D eigenvalue weighted by molar-refractivity contribution is 7.99. The maximum absolute atomic E-state index is 12.8. The highest BCUT2D eigenvalue weighted by Gasteiger charge is 2.19. The van der Waals surface area contributed by atoms with Gasteiger partial charge in [-0.25, -0.2) is 0 Å². The molecular weight excluding hydrogens is 448 g/mol. The Morgan fingerprint density at radius 1 is 1.10 bits per heavy atom. The lowest BCUT2D eigenvalue weighted by atomic mass is 10.1. The van der Waals surface area contributed by atoms with Gasteiger partial charge in [-0.1, -0.05) is 59.8 Å². The third-order valence-electron chi connectivity index (χ3n) is 4.73. The number of carbonyl (C=O) groups is 1. The number of nitrogens with one attached hydrogen (secondary N) is 1. The minimum Gasteiger partial charge on any atom is -0.344 e. The van der Waals surface area contributed by atoms with E-state index < -0.39 is 0 Å². The normalized spacial score (nSPS) is 11.9. The molecule has 2 aromatic heterocycles. The number of amides is 1. The Morgan fingerprint density at radius 3 is 2.55 bits per heavy atom. The van der Waals surface area contributed by atoms with Crippen LogP contribution >= 0.6 is 34.7 Å². The highest BCUT2D eigenvalue weighted by atomic mass is 35.5. The molecule has 2 heterocycles. The third-order valence-corrected chi connectivity index (χ3v) is 6.89. The van der Waals surface area contributed by atoms with Crippen molar-refractivity contribution in [1.82, 2.24) is 20.1 Å². The molecule has 0 bridgehead atoms. The number of thiophene rings is 1. The predicted octanol–water partition coefficient (Wildman–Crippen LogP) is 5.68. The molecule has 1 amide bonds. The summed E-state index contributed by atoms with van der Waals surface area (Å²) in [4.78, 5) is 13.9. The number of nitrogens with zero attached hydrogens (tertiary/aromatic N) is 3. The Labute approximate surface area is 194 Å². The van der Waals surface area contributed by atoms with Gasteiger partial charge in [0, 0.05) is 22.0 Å². The second-order valence-electron chi connectivity index (χ2n) is 6.77. The summed E-state index contributed by atoms with van der Waals surface area (Å²) in [5, 5.41) is 15.2. The summed E-state index contributed by atoms with van der Waals surface area (Å²) in [6.07, 6.45) is 0. The lowest BCUT2D eigenvalue weighted by Crippen LogP contribution is -2.30. The van der Waals surface area contributed by atoms with Gasteiger partial charge in [-0.2, -0.15) is 0 Å². The Bertz CT molecular complexity index is 1130. The van der Waals surface area contributed by atoms with Gasteiger partial charge >= 0.3 is 0 Å². The second-order valence-corrected chi connectivity index (χ2v) is 9.13. The molecule has 0 radical (unpaired) electrons. The van der Waals surface area contributed by atoms with Gasteiger partial charge in [0.2, 0.25) is 5.91 Å². The van der Waals surface area contributed by atoms with E-state index in [4.69, 9.17) is 11.6 Å². The first kappa shape index (κ1) is 21.6. The van der Waals surface area contributed by atoms with Crippen molar-refractivity contribution in [3.05, 3.63) is 87.6 Å². The van der Waals surface area contributed by atoms with Gasteiger partial charge < -0.3 is 9.88 Å². The molecule has 2 aromatic carbocycles. The zero-order chi connectivity index (χ0) is 21.6. The zero-order valence-corrected chi connectivity index (χ0v) is 19.3. The summed E-state index contributed by atoms with van der Waals surface area (Å²) in [7, 11) is 0. The molecule has 31 heavy (non-hydrogen) atoms. The van der Waals surface area contributed by atoms with E-state index in [-0.39, 0.29) is 17.7 Å². The summed E-state index contributed by atoms with van der Waals surface area (Å²) in [5.41, 5.74) is 2.00. The van der Waals surface area contributed by atoms with Crippen LogP contribution in [-0.4, -0.2) is 26.4 Å². The van der Waals surface area contributed by atoms with Crippen molar-refractivity contribution in [1.29, 1.82) is 0 Å². The molecule has 158 valence electrons. The molecule has 5 nitrogen and oxygen atoms in total. The van der Waals surface area contributed by atoms with Crippen LogP contribution in [0, 0.1) is 0 Å². The average Bonchev–Trinajstić information content (AvgIpc) is 3.47.